The molecule has 0 aliphatic carbocycles. The molecular formula is C11H13BrN2O. The fourth-order valence-corrected chi connectivity index (χ4v) is 2.42. The van der Waals surface area contributed by atoms with Gasteiger partial charge in [-0.25, -0.2) is 0 Å². The smallest absolute Gasteiger partial charge is 0.135 e. The maximum atomic E-state index is 9.42. The van der Waals surface area contributed by atoms with Gasteiger partial charge in [-0.2, -0.15) is 5.10 Å². The fraction of sp³-hybridized carbons (Fsp3) is 0.364. The second kappa shape index (κ2) is 3.94. The second-order valence-corrected chi connectivity index (χ2v) is 4.53. The highest BCUT2D eigenvalue weighted by Gasteiger charge is 2.11. The summed E-state index contributed by atoms with van der Waals surface area (Å²) in [5, 5.41) is 14.8. The van der Waals surface area contributed by atoms with Gasteiger partial charge < -0.3 is 5.11 Å². The van der Waals surface area contributed by atoms with E-state index in [0.29, 0.717) is 6.42 Å². The number of aliphatic hydroxyl groups is 1. The van der Waals surface area contributed by atoms with Crippen LogP contribution < -0.4 is 0 Å². The van der Waals surface area contributed by atoms with Crippen molar-refractivity contribution in [2.24, 2.45) is 7.05 Å². The number of hydrogen-bond donors (Lipinski definition) is 1. The second-order valence-electron chi connectivity index (χ2n) is 3.78. The molecule has 1 aromatic heterocycles. The van der Waals surface area contributed by atoms with Gasteiger partial charge in [0.25, 0.3) is 0 Å². The highest BCUT2D eigenvalue weighted by atomic mass is 79.9. The van der Waals surface area contributed by atoms with Gasteiger partial charge in [-0.05, 0) is 28.4 Å². The Morgan fingerprint density at radius 3 is 2.93 bits per heavy atom. The molecule has 0 amide bonds. The van der Waals surface area contributed by atoms with E-state index in [1.165, 1.54) is 0 Å². The van der Waals surface area contributed by atoms with Gasteiger partial charge in [0.1, 0.15) is 4.60 Å². The molecule has 0 fully saturated rings. The number of aryl methyl sites for hydroxylation is 1. The van der Waals surface area contributed by atoms with Crippen LogP contribution in [0.4, 0.5) is 0 Å². The lowest BCUT2D eigenvalue weighted by Gasteiger charge is -2.06. The largest absolute Gasteiger partial charge is 0.393 e. The number of para-hydroxylation sites is 1. The van der Waals surface area contributed by atoms with Crippen molar-refractivity contribution < 1.29 is 5.11 Å². The molecule has 2 rings (SSSR count). The molecule has 0 saturated heterocycles. The Morgan fingerprint density at radius 1 is 1.53 bits per heavy atom. The third-order valence-corrected chi connectivity index (χ3v) is 3.00. The first-order chi connectivity index (χ1) is 7.09. The third-order valence-electron chi connectivity index (χ3n) is 2.42. The van der Waals surface area contributed by atoms with Crippen LogP contribution in [0.5, 0.6) is 0 Å². The van der Waals surface area contributed by atoms with Gasteiger partial charge >= 0.3 is 0 Å². The van der Waals surface area contributed by atoms with Crippen molar-refractivity contribution in [3.63, 3.8) is 0 Å². The van der Waals surface area contributed by atoms with E-state index in [2.05, 4.69) is 21.0 Å². The van der Waals surface area contributed by atoms with E-state index in [4.69, 9.17) is 0 Å². The number of aliphatic hydroxyl groups excluding tert-OH is 1. The number of nitrogens with zero attached hydrogens (tertiary/aromatic N) is 2. The lowest BCUT2D eigenvalue weighted by atomic mass is 10.1. The highest BCUT2D eigenvalue weighted by molar-refractivity contribution is 9.10. The van der Waals surface area contributed by atoms with Gasteiger partial charge in [0.2, 0.25) is 0 Å². The fourth-order valence-electron chi connectivity index (χ4n) is 1.86. The minimum atomic E-state index is -0.329. The minimum absolute atomic E-state index is 0.329. The van der Waals surface area contributed by atoms with Gasteiger partial charge in [-0.3, -0.25) is 4.68 Å². The summed E-state index contributed by atoms with van der Waals surface area (Å²) in [5.74, 6) is 0. The molecule has 2 aromatic rings. The summed E-state index contributed by atoms with van der Waals surface area (Å²) >= 11 is 3.42. The Bertz CT molecular complexity index is 491. The predicted octanol–water partition coefficient (Wildman–Crippen LogP) is 2.26. The summed E-state index contributed by atoms with van der Waals surface area (Å²) in [5.41, 5.74) is 2.22. The molecule has 0 aliphatic rings. The first-order valence-corrected chi connectivity index (χ1v) is 5.67. The van der Waals surface area contributed by atoms with Crippen LogP contribution in [0.15, 0.2) is 22.8 Å². The monoisotopic (exact) mass is 268 g/mol. The summed E-state index contributed by atoms with van der Waals surface area (Å²) in [4.78, 5) is 0. The van der Waals surface area contributed by atoms with Crippen LogP contribution in [0.25, 0.3) is 10.9 Å². The SMILES string of the molecule is CC(O)Cc1cccc2c(Br)nn(C)c12. The molecular weight excluding hydrogens is 256 g/mol. The van der Waals surface area contributed by atoms with E-state index in [0.717, 1.165) is 21.1 Å². The Kier molecular flexibility index (Phi) is 2.80. The number of halogens is 1. The molecule has 1 aromatic carbocycles. The summed E-state index contributed by atoms with van der Waals surface area (Å²) < 4.78 is 2.70. The first-order valence-electron chi connectivity index (χ1n) is 4.87. The number of benzene rings is 1. The van der Waals surface area contributed by atoms with Crippen LogP contribution in [-0.4, -0.2) is 21.0 Å². The highest BCUT2D eigenvalue weighted by Crippen LogP contribution is 2.26. The molecule has 1 heterocycles. The summed E-state index contributed by atoms with van der Waals surface area (Å²) in [6, 6.07) is 6.05. The van der Waals surface area contributed by atoms with Crippen molar-refractivity contribution in [1.82, 2.24) is 9.78 Å². The van der Waals surface area contributed by atoms with Crippen LogP contribution in [0.3, 0.4) is 0 Å². The maximum Gasteiger partial charge on any atom is 0.135 e. The van der Waals surface area contributed by atoms with Crippen LogP contribution in [0.2, 0.25) is 0 Å². The molecule has 15 heavy (non-hydrogen) atoms. The standard InChI is InChI=1S/C11H13BrN2O/c1-7(15)6-8-4-3-5-9-10(8)14(2)13-11(9)12/h3-5,7,15H,6H2,1-2H3. The molecule has 3 nitrogen and oxygen atoms in total. The number of fused-ring (bicyclic) bond motifs is 1. The predicted molar refractivity (Wildman–Crippen MR) is 63.8 cm³/mol. The van der Waals surface area contributed by atoms with Crippen molar-refractivity contribution in [2.45, 2.75) is 19.4 Å². The van der Waals surface area contributed by atoms with Crippen LogP contribution in [0, 0.1) is 0 Å². The van der Waals surface area contributed by atoms with E-state index in [-0.39, 0.29) is 6.10 Å². The summed E-state index contributed by atoms with van der Waals surface area (Å²) in [6.45, 7) is 1.80. The quantitative estimate of drug-likeness (QED) is 0.908. The zero-order valence-electron chi connectivity index (χ0n) is 8.74. The van der Waals surface area contributed by atoms with Crippen molar-refractivity contribution in [3.05, 3.63) is 28.4 Å². The van der Waals surface area contributed by atoms with Crippen molar-refractivity contribution in [2.75, 3.05) is 0 Å². The molecule has 0 aliphatic heterocycles. The van der Waals surface area contributed by atoms with Crippen molar-refractivity contribution >= 4 is 26.8 Å². The van der Waals surface area contributed by atoms with Crippen molar-refractivity contribution in [3.8, 4) is 0 Å². The third kappa shape index (κ3) is 1.92. The molecule has 0 bridgehead atoms. The molecule has 0 spiro atoms. The topological polar surface area (TPSA) is 38.1 Å². The molecule has 0 radical (unpaired) electrons. The minimum Gasteiger partial charge on any atom is -0.393 e. The lowest BCUT2D eigenvalue weighted by Crippen LogP contribution is -2.05. The van der Waals surface area contributed by atoms with E-state index < -0.39 is 0 Å². The average molecular weight is 269 g/mol. The molecule has 1 atom stereocenters. The summed E-state index contributed by atoms with van der Waals surface area (Å²) in [7, 11) is 1.92. The first kappa shape index (κ1) is 10.6. The number of aromatic nitrogens is 2. The Balaban J connectivity index is 2.64. The van der Waals surface area contributed by atoms with E-state index in [1.807, 2.05) is 29.9 Å². The molecule has 4 heteroatoms. The van der Waals surface area contributed by atoms with Gasteiger partial charge in [-0.15, -0.1) is 0 Å². The molecule has 80 valence electrons. The zero-order chi connectivity index (χ0) is 11.0. The van der Waals surface area contributed by atoms with Crippen LogP contribution >= 0.6 is 15.9 Å². The number of hydrogen-bond acceptors (Lipinski definition) is 2. The van der Waals surface area contributed by atoms with Crippen molar-refractivity contribution in [1.29, 1.82) is 0 Å². The van der Waals surface area contributed by atoms with Gasteiger partial charge in [-0.1, -0.05) is 18.2 Å². The van der Waals surface area contributed by atoms with E-state index in [9.17, 15) is 5.11 Å². The Hall–Kier alpha value is -0.870. The number of rotatable bonds is 2. The maximum absolute atomic E-state index is 9.42. The van der Waals surface area contributed by atoms with Gasteiger partial charge in [0, 0.05) is 18.9 Å². The normalized spacial score (nSPS) is 13.3. The molecule has 1 N–H and O–H groups in total. The summed E-state index contributed by atoms with van der Waals surface area (Å²) in [6.07, 6.45) is 0.327. The van der Waals surface area contributed by atoms with E-state index in [1.54, 1.807) is 6.92 Å². The van der Waals surface area contributed by atoms with Crippen LogP contribution in [-0.2, 0) is 13.5 Å². The van der Waals surface area contributed by atoms with Crippen LogP contribution in [0.1, 0.15) is 12.5 Å². The van der Waals surface area contributed by atoms with E-state index >= 15 is 0 Å². The van der Waals surface area contributed by atoms with Gasteiger partial charge in [0.15, 0.2) is 0 Å². The Morgan fingerprint density at radius 2 is 2.27 bits per heavy atom. The lowest BCUT2D eigenvalue weighted by molar-refractivity contribution is 0.196. The Labute approximate surface area is 96.8 Å². The molecule has 0 saturated carbocycles. The zero-order valence-corrected chi connectivity index (χ0v) is 10.3. The molecule has 1 unspecified atom stereocenters. The van der Waals surface area contributed by atoms with Gasteiger partial charge in [0.05, 0.1) is 11.6 Å². The average Bonchev–Trinajstić information content (AvgIpc) is 2.43.